The molecule has 0 bridgehead atoms. The lowest BCUT2D eigenvalue weighted by atomic mass is 10.1. The average Bonchev–Trinajstić information content (AvgIpc) is 2.25. The summed E-state index contributed by atoms with van der Waals surface area (Å²) >= 11 is 0. The minimum absolute atomic E-state index is 0.153. The van der Waals surface area contributed by atoms with E-state index >= 15 is 0 Å². The Hall–Kier alpha value is -0.670. The summed E-state index contributed by atoms with van der Waals surface area (Å²) in [6.45, 7) is 8.13. The topological polar surface area (TPSA) is 29.1 Å². The van der Waals surface area contributed by atoms with Crippen LogP contribution in [0.15, 0.2) is 24.3 Å². The Morgan fingerprint density at radius 2 is 1.76 bits per heavy atom. The third kappa shape index (κ3) is 4.25. The summed E-state index contributed by atoms with van der Waals surface area (Å²) in [6, 6.07) is 8.57. The van der Waals surface area contributed by atoms with Gasteiger partial charge in [0.2, 0.25) is 0 Å². The lowest BCUT2D eigenvalue weighted by Gasteiger charge is -2.23. The summed E-state index contributed by atoms with van der Waals surface area (Å²) < 4.78 is 12.0. The molecule has 1 N–H and O–H groups in total. The van der Waals surface area contributed by atoms with Gasteiger partial charge in [-0.1, -0.05) is 29.8 Å². The molecule has 0 aliphatic heterocycles. The van der Waals surface area contributed by atoms with Crippen molar-refractivity contribution in [3.8, 4) is 0 Å². The molecule has 3 heteroatoms. The van der Waals surface area contributed by atoms with Crippen molar-refractivity contribution >= 4 is 10.8 Å². The summed E-state index contributed by atoms with van der Waals surface area (Å²) in [4.78, 5) is 0. The fourth-order valence-corrected chi connectivity index (χ4v) is 2.71. The van der Waals surface area contributed by atoms with Crippen LogP contribution in [0.1, 0.15) is 37.9 Å². The van der Waals surface area contributed by atoms with Gasteiger partial charge in [-0.3, -0.25) is 4.21 Å². The Kier molecular flexibility index (Phi) is 4.90. The van der Waals surface area contributed by atoms with Gasteiger partial charge in [-0.05, 0) is 40.3 Å². The monoisotopic (exact) mass is 253 g/mol. The normalized spacial score (nSPS) is 15.6. The molecule has 0 spiro atoms. The van der Waals surface area contributed by atoms with Gasteiger partial charge in [-0.15, -0.1) is 0 Å². The van der Waals surface area contributed by atoms with Crippen molar-refractivity contribution in [3.05, 3.63) is 35.4 Å². The molecule has 1 rings (SSSR count). The lowest BCUT2D eigenvalue weighted by Crippen LogP contribution is -2.31. The van der Waals surface area contributed by atoms with Gasteiger partial charge in [-0.2, -0.15) is 0 Å². The number of nitrogens with one attached hydrogen (secondary N) is 1. The molecule has 2 unspecified atom stereocenters. The first-order valence-electron chi connectivity index (χ1n) is 5.97. The Morgan fingerprint density at radius 3 is 2.18 bits per heavy atom. The molecule has 0 fully saturated rings. The third-order valence-corrected chi connectivity index (χ3v) is 4.83. The molecule has 17 heavy (non-hydrogen) atoms. The van der Waals surface area contributed by atoms with Gasteiger partial charge in [0, 0.05) is 27.3 Å². The van der Waals surface area contributed by atoms with E-state index in [0.717, 1.165) is 0 Å². The third-order valence-electron chi connectivity index (χ3n) is 2.83. The summed E-state index contributed by atoms with van der Waals surface area (Å²) in [5.41, 5.74) is 2.45. The Bertz CT molecular complexity index is 378. The molecule has 1 aromatic rings. The van der Waals surface area contributed by atoms with Crippen LogP contribution in [0.25, 0.3) is 0 Å². The summed E-state index contributed by atoms with van der Waals surface area (Å²) in [5, 5.41) is 3.25. The molecule has 0 saturated heterocycles. The highest BCUT2D eigenvalue weighted by molar-refractivity contribution is 7.86. The Labute approximate surface area is 107 Å². The largest absolute Gasteiger partial charge is 0.312 e. The van der Waals surface area contributed by atoms with E-state index in [1.54, 1.807) is 0 Å². The highest BCUT2D eigenvalue weighted by Crippen LogP contribution is 2.20. The van der Waals surface area contributed by atoms with Gasteiger partial charge >= 0.3 is 0 Å². The lowest BCUT2D eigenvalue weighted by molar-refractivity contribution is 0.614. The molecule has 0 radical (unpaired) electrons. The van der Waals surface area contributed by atoms with Crippen LogP contribution in [-0.2, 0) is 10.8 Å². The fraction of sp³-hybridized carbons (Fsp3) is 0.571. The minimum Gasteiger partial charge on any atom is -0.312 e. The van der Waals surface area contributed by atoms with E-state index in [-0.39, 0.29) is 10.8 Å². The standard InChI is InChI=1S/C14H23NOS/c1-11-6-8-12(9-7-11)13(15-5)10-17(16)14(2,3)4/h6-9,13,15H,10H2,1-5H3. The molecule has 0 saturated carbocycles. The van der Waals surface area contributed by atoms with Gasteiger partial charge in [0.15, 0.2) is 0 Å². The van der Waals surface area contributed by atoms with Crippen molar-refractivity contribution in [2.24, 2.45) is 0 Å². The predicted octanol–water partition coefficient (Wildman–Crippen LogP) is 2.80. The second-order valence-corrected chi connectivity index (χ2v) is 7.63. The smallest absolute Gasteiger partial charge is 0.0435 e. The highest BCUT2D eigenvalue weighted by atomic mass is 32.2. The Morgan fingerprint density at radius 1 is 1.24 bits per heavy atom. The Balaban J connectivity index is 2.79. The first-order valence-corrected chi connectivity index (χ1v) is 7.29. The van der Waals surface area contributed by atoms with Crippen molar-refractivity contribution in [1.82, 2.24) is 5.32 Å². The van der Waals surface area contributed by atoms with Crippen LogP contribution < -0.4 is 5.32 Å². The summed E-state index contributed by atoms with van der Waals surface area (Å²) in [5.74, 6) is 0.656. The number of rotatable bonds is 4. The van der Waals surface area contributed by atoms with Gasteiger partial charge in [0.1, 0.15) is 0 Å². The number of aryl methyl sites for hydroxylation is 1. The molecule has 0 aromatic heterocycles. The minimum atomic E-state index is -0.836. The van der Waals surface area contributed by atoms with Crippen LogP contribution in [0.5, 0.6) is 0 Å². The zero-order valence-electron chi connectivity index (χ0n) is 11.4. The van der Waals surface area contributed by atoms with Crippen LogP contribution in [0.4, 0.5) is 0 Å². The van der Waals surface area contributed by atoms with E-state index in [0.29, 0.717) is 5.75 Å². The van der Waals surface area contributed by atoms with Crippen LogP contribution in [-0.4, -0.2) is 21.8 Å². The van der Waals surface area contributed by atoms with Crippen molar-refractivity contribution in [1.29, 1.82) is 0 Å². The van der Waals surface area contributed by atoms with Gasteiger partial charge < -0.3 is 5.32 Å². The molecule has 96 valence electrons. The van der Waals surface area contributed by atoms with Crippen molar-refractivity contribution in [2.45, 2.75) is 38.5 Å². The highest BCUT2D eigenvalue weighted by Gasteiger charge is 2.23. The molecule has 0 aliphatic carbocycles. The molecule has 0 aliphatic rings. The molecule has 1 aromatic carbocycles. The second kappa shape index (κ2) is 5.78. The molecule has 2 nitrogen and oxygen atoms in total. The van der Waals surface area contributed by atoms with Gasteiger partial charge in [0.05, 0.1) is 0 Å². The van der Waals surface area contributed by atoms with E-state index in [2.05, 4.69) is 36.5 Å². The molecule has 2 atom stereocenters. The first-order chi connectivity index (χ1) is 7.84. The zero-order chi connectivity index (χ0) is 13.1. The first kappa shape index (κ1) is 14.4. The zero-order valence-corrected chi connectivity index (χ0v) is 12.2. The molecular formula is C14H23NOS. The van der Waals surface area contributed by atoms with E-state index in [4.69, 9.17) is 0 Å². The van der Waals surface area contributed by atoms with Crippen LogP contribution in [0, 0.1) is 6.92 Å². The molecular weight excluding hydrogens is 230 g/mol. The van der Waals surface area contributed by atoms with Gasteiger partial charge in [-0.25, -0.2) is 0 Å². The quantitative estimate of drug-likeness (QED) is 0.894. The van der Waals surface area contributed by atoms with E-state index < -0.39 is 10.8 Å². The maximum Gasteiger partial charge on any atom is 0.0435 e. The number of benzene rings is 1. The maximum absolute atomic E-state index is 12.1. The number of hydrogen-bond donors (Lipinski definition) is 1. The average molecular weight is 253 g/mol. The fourth-order valence-electron chi connectivity index (χ4n) is 1.55. The van der Waals surface area contributed by atoms with Crippen molar-refractivity contribution in [2.75, 3.05) is 12.8 Å². The molecule has 0 heterocycles. The second-order valence-electron chi connectivity index (χ2n) is 5.38. The SMILES string of the molecule is CNC(CS(=O)C(C)(C)C)c1ccc(C)cc1. The van der Waals surface area contributed by atoms with Crippen LogP contribution in [0.3, 0.4) is 0 Å². The van der Waals surface area contributed by atoms with Crippen LogP contribution in [0.2, 0.25) is 0 Å². The predicted molar refractivity (Wildman–Crippen MR) is 75.7 cm³/mol. The summed E-state index contributed by atoms with van der Waals surface area (Å²) in [7, 11) is 1.09. The van der Waals surface area contributed by atoms with Crippen LogP contribution >= 0.6 is 0 Å². The summed E-state index contributed by atoms with van der Waals surface area (Å²) in [6.07, 6.45) is 0. The van der Waals surface area contributed by atoms with E-state index in [9.17, 15) is 4.21 Å². The number of hydrogen-bond acceptors (Lipinski definition) is 2. The maximum atomic E-state index is 12.1. The van der Waals surface area contributed by atoms with E-state index in [1.165, 1.54) is 11.1 Å². The molecule has 0 amide bonds. The van der Waals surface area contributed by atoms with E-state index in [1.807, 2.05) is 27.8 Å². The van der Waals surface area contributed by atoms with Gasteiger partial charge in [0.25, 0.3) is 0 Å². The van der Waals surface area contributed by atoms with Crippen molar-refractivity contribution < 1.29 is 4.21 Å². The van der Waals surface area contributed by atoms with Crippen molar-refractivity contribution in [3.63, 3.8) is 0 Å².